The summed E-state index contributed by atoms with van der Waals surface area (Å²) in [6, 6.07) is 6.91. The molecule has 71 valence electrons. The summed E-state index contributed by atoms with van der Waals surface area (Å²) < 4.78 is 0. The van der Waals surface area contributed by atoms with E-state index in [0.29, 0.717) is 17.7 Å². The van der Waals surface area contributed by atoms with E-state index in [1.165, 1.54) is 4.90 Å². The van der Waals surface area contributed by atoms with Gasteiger partial charge in [-0.15, -0.1) is 0 Å². The molecule has 1 aromatic carbocycles. The molecule has 0 spiro atoms. The van der Waals surface area contributed by atoms with Gasteiger partial charge in [0.15, 0.2) is 0 Å². The Kier molecular flexibility index (Phi) is 2.08. The number of hydrogen-bond acceptors (Lipinski definition) is 2. The maximum Gasteiger partial charge on any atom is 0.261 e. The third-order valence-electron chi connectivity index (χ3n) is 2.24. The minimum Gasteiger partial charge on any atom is -0.274 e. The predicted molar refractivity (Wildman–Crippen MR) is 51.8 cm³/mol. The van der Waals surface area contributed by atoms with E-state index >= 15 is 0 Å². The van der Waals surface area contributed by atoms with Crippen LogP contribution in [0.15, 0.2) is 24.3 Å². The SMILES string of the molecule is C[CH]CN1C(=O)c2ccccc2C1=O. The van der Waals surface area contributed by atoms with Gasteiger partial charge in [-0.2, -0.15) is 0 Å². The molecule has 0 fully saturated rings. The molecule has 1 heterocycles. The van der Waals surface area contributed by atoms with Crippen LogP contribution in [0, 0.1) is 6.42 Å². The molecule has 1 aliphatic rings. The zero-order valence-electron chi connectivity index (χ0n) is 7.86. The van der Waals surface area contributed by atoms with Crippen molar-refractivity contribution in [2.75, 3.05) is 6.54 Å². The van der Waals surface area contributed by atoms with Gasteiger partial charge in [-0.25, -0.2) is 0 Å². The van der Waals surface area contributed by atoms with Gasteiger partial charge in [0.25, 0.3) is 11.8 Å². The highest BCUT2D eigenvalue weighted by Gasteiger charge is 2.34. The van der Waals surface area contributed by atoms with Crippen LogP contribution in [0.5, 0.6) is 0 Å². The van der Waals surface area contributed by atoms with E-state index in [4.69, 9.17) is 0 Å². The molecular weight excluding hydrogens is 178 g/mol. The number of carbonyl (C=O) groups is 2. The standard InChI is InChI=1S/C11H10NO2/c1-2-7-12-10(13)8-5-3-4-6-9(8)11(12)14/h2-6H,7H2,1H3. The molecule has 0 aromatic heterocycles. The maximum absolute atomic E-state index is 11.7. The quantitative estimate of drug-likeness (QED) is 0.659. The fraction of sp³-hybridized carbons (Fsp3) is 0.182. The fourth-order valence-corrected chi connectivity index (χ4v) is 1.59. The van der Waals surface area contributed by atoms with E-state index in [-0.39, 0.29) is 11.8 Å². The second-order valence-electron chi connectivity index (χ2n) is 3.17. The van der Waals surface area contributed by atoms with Crippen LogP contribution in [-0.2, 0) is 0 Å². The molecule has 3 nitrogen and oxygen atoms in total. The summed E-state index contributed by atoms with van der Waals surface area (Å²) in [6.07, 6.45) is 1.79. The largest absolute Gasteiger partial charge is 0.274 e. The number of hydrogen-bond donors (Lipinski definition) is 0. The molecular formula is C11H10NO2. The summed E-state index contributed by atoms with van der Waals surface area (Å²) >= 11 is 0. The number of nitrogens with zero attached hydrogens (tertiary/aromatic N) is 1. The smallest absolute Gasteiger partial charge is 0.261 e. The van der Waals surface area contributed by atoms with Crippen molar-refractivity contribution in [3.63, 3.8) is 0 Å². The van der Waals surface area contributed by atoms with E-state index in [1.807, 2.05) is 6.92 Å². The van der Waals surface area contributed by atoms with Crippen molar-refractivity contribution in [3.05, 3.63) is 41.8 Å². The molecule has 3 heteroatoms. The van der Waals surface area contributed by atoms with Crippen LogP contribution in [0.3, 0.4) is 0 Å². The van der Waals surface area contributed by atoms with E-state index < -0.39 is 0 Å². The summed E-state index contributed by atoms with van der Waals surface area (Å²) in [5.74, 6) is -0.382. The van der Waals surface area contributed by atoms with Crippen molar-refractivity contribution in [2.24, 2.45) is 0 Å². The molecule has 0 saturated heterocycles. The van der Waals surface area contributed by atoms with Gasteiger partial charge in [0.2, 0.25) is 0 Å². The first-order valence-electron chi connectivity index (χ1n) is 4.48. The molecule has 1 aliphatic heterocycles. The molecule has 0 atom stereocenters. The fourth-order valence-electron chi connectivity index (χ4n) is 1.59. The Morgan fingerprint density at radius 3 is 2.07 bits per heavy atom. The third-order valence-corrected chi connectivity index (χ3v) is 2.24. The topological polar surface area (TPSA) is 37.4 Å². The number of rotatable bonds is 2. The number of amides is 2. The van der Waals surface area contributed by atoms with Crippen molar-refractivity contribution < 1.29 is 9.59 Å². The van der Waals surface area contributed by atoms with E-state index in [1.54, 1.807) is 30.7 Å². The minimum atomic E-state index is -0.191. The van der Waals surface area contributed by atoms with Crippen molar-refractivity contribution in [1.29, 1.82) is 0 Å². The lowest BCUT2D eigenvalue weighted by atomic mass is 10.1. The van der Waals surface area contributed by atoms with Crippen LogP contribution in [0.1, 0.15) is 27.6 Å². The molecule has 1 aromatic rings. The summed E-state index contributed by atoms with van der Waals surface area (Å²) in [5, 5.41) is 0. The molecule has 0 unspecified atom stereocenters. The first-order valence-corrected chi connectivity index (χ1v) is 4.48. The molecule has 2 amide bonds. The van der Waals surface area contributed by atoms with E-state index in [9.17, 15) is 9.59 Å². The number of carbonyl (C=O) groups excluding carboxylic acids is 2. The second kappa shape index (κ2) is 3.25. The summed E-state index contributed by atoms with van der Waals surface area (Å²) in [7, 11) is 0. The van der Waals surface area contributed by atoms with Gasteiger partial charge in [-0.05, 0) is 18.6 Å². The summed E-state index contributed by atoms with van der Waals surface area (Å²) in [5.41, 5.74) is 1.03. The minimum absolute atomic E-state index is 0.191. The van der Waals surface area contributed by atoms with Gasteiger partial charge in [0.1, 0.15) is 0 Å². The monoisotopic (exact) mass is 188 g/mol. The van der Waals surface area contributed by atoms with Crippen LogP contribution in [0.2, 0.25) is 0 Å². The number of imide groups is 1. The van der Waals surface area contributed by atoms with Crippen LogP contribution in [0.4, 0.5) is 0 Å². The van der Waals surface area contributed by atoms with Gasteiger partial charge in [-0.1, -0.05) is 19.1 Å². The van der Waals surface area contributed by atoms with Crippen molar-refractivity contribution in [3.8, 4) is 0 Å². The highest BCUT2D eigenvalue weighted by molar-refractivity contribution is 6.21. The Bertz CT molecular complexity index is 363. The Hall–Kier alpha value is -1.64. The predicted octanol–water partition coefficient (Wildman–Crippen LogP) is 1.51. The second-order valence-corrected chi connectivity index (χ2v) is 3.17. The van der Waals surface area contributed by atoms with Gasteiger partial charge >= 0.3 is 0 Å². The molecule has 2 rings (SSSR count). The summed E-state index contributed by atoms with van der Waals surface area (Å²) in [4.78, 5) is 24.6. The Morgan fingerprint density at radius 2 is 1.64 bits per heavy atom. The molecule has 0 bridgehead atoms. The molecule has 0 N–H and O–H groups in total. The zero-order valence-corrected chi connectivity index (χ0v) is 7.86. The number of fused-ring (bicyclic) bond motifs is 1. The van der Waals surface area contributed by atoms with Gasteiger partial charge in [0.05, 0.1) is 11.1 Å². The van der Waals surface area contributed by atoms with Gasteiger partial charge < -0.3 is 0 Å². The van der Waals surface area contributed by atoms with Gasteiger partial charge in [0, 0.05) is 6.54 Å². The first-order chi connectivity index (χ1) is 6.75. The lowest BCUT2D eigenvalue weighted by Crippen LogP contribution is -2.30. The third kappa shape index (κ3) is 1.13. The van der Waals surface area contributed by atoms with E-state index in [0.717, 1.165) is 0 Å². The first kappa shape index (κ1) is 8.94. The van der Waals surface area contributed by atoms with Crippen LogP contribution >= 0.6 is 0 Å². The van der Waals surface area contributed by atoms with Crippen LogP contribution in [-0.4, -0.2) is 23.3 Å². The average Bonchev–Trinajstić information content (AvgIpc) is 2.45. The Labute approximate surface area is 82.3 Å². The van der Waals surface area contributed by atoms with Crippen molar-refractivity contribution >= 4 is 11.8 Å². The van der Waals surface area contributed by atoms with Gasteiger partial charge in [-0.3, -0.25) is 14.5 Å². The average molecular weight is 188 g/mol. The van der Waals surface area contributed by atoms with Crippen LogP contribution in [0.25, 0.3) is 0 Å². The van der Waals surface area contributed by atoms with Crippen molar-refractivity contribution in [1.82, 2.24) is 4.90 Å². The highest BCUT2D eigenvalue weighted by atomic mass is 16.2. The lowest BCUT2D eigenvalue weighted by molar-refractivity contribution is 0.0667. The maximum atomic E-state index is 11.7. The highest BCUT2D eigenvalue weighted by Crippen LogP contribution is 2.21. The Morgan fingerprint density at radius 1 is 1.14 bits per heavy atom. The zero-order chi connectivity index (χ0) is 10.1. The van der Waals surface area contributed by atoms with E-state index in [2.05, 4.69) is 0 Å². The Balaban J connectivity index is 2.43. The number of benzene rings is 1. The lowest BCUT2D eigenvalue weighted by Gasteiger charge is -2.10. The van der Waals surface area contributed by atoms with Crippen molar-refractivity contribution in [2.45, 2.75) is 6.92 Å². The molecule has 14 heavy (non-hydrogen) atoms. The molecule has 0 saturated carbocycles. The summed E-state index contributed by atoms with van der Waals surface area (Å²) in [6.45, 7) is 2.20. The normalized spacial score (nSPS) is 14.8. The molecule has 1 radical (unpaired) electrons. The molecule has 0 aliphatic carbocycles. The van der Waals surface area contributed by atoms with Crippen LogP contribution < -0.4 is 0 Å².